The lowest BCUT2D eigenvalue weighted by molar-refractivity contribution is -0.205. The van der Waals surface area contributed by atoms with Crippen molar-refractivity contribution in [3.05, 3.63) is 83.4 Å². The van der Waals surface area contributed by atoms with E-state index in [2.05, 4.69) is 132 Å². The maximum Gasteiger partial charge on any atom is 0.338 e. The number of rotatable bonds is 14. The van der Waals surface area contributed by atoms with Crippen LogP contribution in [0.15, 0.2) is 72.3 Å². The highest BCUT2D eigenvalue weighted by Gasteiger charge is 2.67. The fraction of sp³-hybridized carbons (Fsp3) is 0.712. The number of benzene rings is 2. The summed E-state index contributed by atoms with van der Waals surface area (Å²) in [7, 11) is -3.96. The van der Waals surface area contributed by atoms with Gasteiger partial charge >= 0.3 is 5.97 Å². The molecule has 0 aromatic heterocycles. The molecule has 0 unspecified atom stereocenters. The van der Waals surface area contributed by atoms with Gasteiger partial charge < -0.3 is 18.3 Å². The predicted octanol–water partition coefficient (Wildman–Crippen LogP) is 14.1. The summed E-state index contributed by atoms with van der Waals surface area (Å²) >= 11 is 0. The molecular formula is C52H82O5Si2. The Hall–Kier alpha value is -2.04. The van der Waals surface area contributed by atoms with Crippen molar-refractivity contribution in [2.24, 2.45) is 45.8 Å². The van der Waals surface area contributed by atoms with Crippen LogP contribution in [0, 0.1) is 45.8 Å². The van der Waals surface area contributed by atoms with Gasteiger partial charge in [-0.1, -0.05) is 129 Å². The molecule has 328 valence electrons. The minimum absolute atomic E-state index is 0.0285. The van der Waals surface area contributed by atoms with Crippen LogP contribution in [-0.2, 0) is 24.9 Å². The minimum Gasteiger partial charge on any atom is -0.458 e. The third kappa shape index (κ3) is 9.08. The zero-order valence-corrected chi connectivity index (χ0v) is 41.7. The molecular weight excluding hydrogens is 761 g/mol. The number of carbonyl (C=O) groups is 1. The molecule has 0 spiro atoms. The first-order valence-corrected chi connectivity index (χ1v) is 29.2. The van der Waals surface area contributed by atoms with Gasteiger partial charge in [-0.3, -0.25) is 0 Å². The lowest BCUT2D eigenvalue weighted by atomic mass is 9.42. The smallest absolute Gasteiger partial charge is 0.338 e. The molecule has 10 atom stereocenters. The van der Waals surface area contributed by atoms with Gasteiger partial charge in [-0.2, -0.15) is 0 Å². The molecule has 4 aliphatic rings. The first-order valence-electron chi connectivity index (χ1n) is 23.3. The summed E-state index contributed by atoms with van der Waals surface area (Å²) in [4.78, 5) is 14.0. The van der Waals surface area contributed by atoms with Crippen molar-refractivity contribution in [2.75, 3.05) is 13.2 Å². The number of esters is 1. The van der Waals surface area contributed by atoms with Crippen molar-refractivity contribution in [1.82, 2.24) is 0 Å². The van der Waals surface area contributed by atoms with Crippen LogP contribution in [-0.4, -0.2) is 48.0 Å². The van der Waals surface area contributed by atoms with Crippen LogP contribution < -0.4 is 0 Å². The van der Waals surface area contributed by atoms with E-state index in [1.54, 1.807) is 5.57 Å². The molecule has 0 amide bonds. The number of allylic oxidation sites excluding steroid dienone is 2. The molecule has 0 N–H and O–H groups in total. The van der Waals surface area contributed by atoms with Crippen LogP contribution in [0.25, 0.3) is 0 Å². The zero-order chi connectivity index (χ0) is 43.2. The first-order chi connectivity index (χ1) is 27.5. The van der Waals surface area contributed by atoms with Crippen LogP contribution in [0.4, 0.5) is 0 Å². The number of hydrogen-bond acceptors (Lipinski definition) is 5. The van der Waals surface area contributed by atoms with E-state index in [9.17, 15) is 4.79 Å². The van der Waals surface area contributed by atoms with Gasteiger partial charge in [0.2, 0.25) is 0 Å². The van der Waals surface area contributed by atoms with E-state index in [-0.39, 0.29) is 39.6 Å². The maximum atomic E-state index is 14.0. The summed E-state index contributed by atoms with van der Waals surface area (Å²) in [6.07, 6.45) is 11.4. The molecule has 5 nitrogen and oxygen atoms in total. The summed E-state index contributed by atoms with van der Waals surface area (Å²) in [5, 5.41) is 0.303. The molecule has 3 fully saturated rings. The summed E-state index contributed by atoms with van der Waals surface area (Å²) in [6.45, 7) is 35.8. The maximum absolute atomic E-state index is 14.0. The zero-order valence-electron chi connectivity index (χ0n) is 39.7. The highest BCUT2D eigenvalue weighted by molar-refractivity contribution is 6.74. The Morgan fingerprint density at radius 1 is 0.814 bits per heavy atom. The number of hydrogen-bond donors (Lipinski definition) is 0. The summed E-state index contributed by atoms with van der Waals surface area (Å²) in [5.74, 6) is 2.43. The Bertz CT molecular complexity index is 1760. The normalized spacial score (nSPS) is 33.0. The Labute approximate surface area is 362 Å². The van der Waals surface area contributed by atoms with Crippen molar-refractivity contribution >= 4 is 22.6 Å². The molecule has 0 heterocycles. The van der Waals surface area contributed by atoms with E-state index in [1.165, 1.54) is 32.1 Å². The first kappa shape index (κ1) is 46.5. The van der Waals surface area contributed by atoms with Crippen LogP contribution >= 0.6 is 0 Å². The highest BCUT2D eigenvalue weighted by atomic mass is 28.4. The van der Waals surface area contributed by atoms with Crippen LogP contribution in [0.1, 0.15) is 137 Å². The molecule has 0 bridgehead atoms. The molecule has 7 heteroatoms. The third-order valence-corrected chi connectivity index (χ3v) is 26.7. The molecule has 4 aliphatic carbocycles. The van der Waals surface area contributed by atoms with E-state index in [0.717, 1.165) is 30.9 Å². The average Bonchev–Trinajstić information content (AvgIpc) is 3.52. The van der Waals surface area contributed by atoms with Gasteiger partial charge in [0.05, 0.1) is 24.9 Å². The lowest BCUT2D eigenvalue weighted by Gasteiger charge is -2.66. The third-order valence-electron chi connectivity index (χ3n) is 17.7. The number of fused-ring (bicyclic) bond motifs is 5. The molecule has 0 saturated heterocycles. The highest BCUT2D eigenvalue weighted by Crippen LogP contribution is 2.70. The fourth-order valence-corrected chi connectivity index (χ4v) is 14.5. The summed E-state index contributed by atoms with van der Waals surface area (Å²) < 4.78 is 27.8. The van der Waals surface area contributed by atoms with Gasteiger partial charge in [0.25, 0.3) is 0 Å². The van der Waals surface area contributed by atoms with E-state index in [4.69, 9.17) is 18.3 Å². The van der Waals surface area contributed by atoms with Gasteiger partial charge in [-0.15, -0.1) is 0 Å². The van der Waals surface area contributed by atoms with Gasteiger partial charge in [0.15, 0.2) is 16.6 Å². The van der Waals surface area contributed by atoms with Crippen LogP contribution in [0.5, 0.6) is 0 Å². The van der Waals surface area contributed by atoms with Crippen molar-refractivity contribution < 1.29 is 23.1 Å². The minimum atomic E-state index is -2.23. The Morgan fingerprint density at radius 2 is 1.44 bits per heavy atom. The second-order valence-corrected chi connectivity index (χ2v) is 32.8. The van der Waals surface area contributed by atoms with Gasteiger partial charge in [0.1, 0.15) is 6.10 Å². The van der Waals surface area contributed by atoms with Crippen LogP contribution in [0.3, 0.4) is 0 Å². The standard InChI is InChI=1S/C52H82O5Si2/c1-37(22-21-33-55-58(11,12)48(2,3)4)41-28-29-42-40-27-30-44-51(9,36-54-35-38-23-17-15-18-24-38)45(56-47(53)39-25-19-16-20-26-39)34-46(57-59(13,14)49(5,6)7)52(44,10)43(40)31-32-50(41,42)8/h15-20,23-27,37,41-46H,21-22,28-36H2,1-14H3/t37-,41-,42+,43+,44+,45+,46-,50-,51+,52-/m1/s1. The van der Waals surface area contributed by atoms with Crippen molar-refractivity contribution in [3.63, 3.8) is 0 Å². The van der Waals surface area contributed by atoms with E-state index >= 15 is 0 Å². The van der Waals surface area contributed by atoms with Gasteiger partial charge in [-0.05, 0) is 134 Å². The van der Waals surface area contributed by atoms with Gasteiger partial charge in [0, 0.05) is 23.9 Å². The number of carbonyl (C=O) groups excluding carboxylic acids is 1. The Kier molecular flexibility index (Phi) is 13.6. The quantitative estimate of drug-likeness (QED) is 0.0821. The van der Waals surface area contributed by atoms with Crippen molar-refractivity contribution in [2.45, 2.75) is 176 Å². The predicted molar refractivity (Wildman–Crippen MR) is 249 cm³/mol. The molecule has 6 rings (SSSR count). The van der Waals surface area contributed by atoms with Crippen molar-refractivity contribution in [1.29, 1.82) is 0 Å². The SMILES string of the molecule is C[C@H](CCCO[Si](C)(C)C(C)(C)C)[C@H]1CC[C@H]2C3=CC[C@H]4[C@](C)(COCc5ccccc5)[C@@H](OC(=O)c5ccccc5)C[C@@H](O[Si](C)(C)C(C)(C)C)[C@]4(C)[C@H]3CC[C@]12C. The Morgan fingerprint density at radius 3 is 2.07 bits per heavy atom. The summed E-state index contributed by atoms with van der Waals surface area (Å²) in [6, 6.07) is 20.0. The average molecular weight is 843 g/mol. The van der Waals surface area contributed by atoms with E-state index < -0.39 is 22.0 Å². The van der Waals surface area contributed by atoms with E-state index in [0.29, 0.717) is 48.4 Å². The monoisotopic (exact) mass is 843 g/mol. The molecule has 3 saturated carbocycles. The molecule has 59 heavy (non-hydrogen) atoms. The van der Waals surface area contributed by atoms with Crippen molar-refractivity contribution in [3.8, 4) is 0 Å². The van der Waals surface area contributed by atoms with Gasteiger partial charge in [-0.25, -0.2) is 4.79 Å². The second-order valence-electron chi connectivity index (χ2n) is 23.3. The number of ether oxygens (including phenoxy) is 2. The lowest BCUT2D eigenvalue weighted by Crippen LogP contribution is -2.66. The molecule has 0 radical (unpaired) electrons. The molecule has 2 aromatic rings. The largest absolute Gasteiger partial charge is 0.458 e. The summed E-state index contributed by atoms with van der Waals surface area (Å²) in [5.41, 5.74) is 3.25. The topological polar surface area (TPSA) is 54.0 Å². The van der Waals surface area contributed by atoms with Crippen LogP contribution in [0.2, 0.25) is 36.3 Å². The van der Waals surface area contributed by atoms with E-state index in [1.807, 2.05) is 30.3 Å². The Balaban J connectivity index is 1.32. The molecule has 2 aromatic carbocycles. The fourth-order valence-electron chi connectivity index (χ4n) is 12.0. The second kappa shape index (κ2) is 17.3. The molecule has 0 aliphatic heterocycles.